The summed E-state index contributed by atoms with van der Waals surface area (Å²) in [6.45, 7) is -0.581. The number of halogens is 1. The van der Waals surface area contributed by atoms with Crippen LogP contribution in [0.4, 0.5) is 15.9 Å². The van der Waals surface area contributed by atoms with Crippen LogP contribution in [0.2, 0.25) is 0 Å². The Morgan fingerprint density at radius 2 is 1.88 bits per heavy atom. The predicted molar refractivity (Wildman–Crippen MR) is 62.0 cm³/mol. The van der Waals surface area contributed by atoms with Gasteiger partial charge >= 0.3 is 0 Å². The maximum Gasteiger partial charge on any atom is 0.134 e. The first-order valence-electron chi connectivity index (χ1n) is 5.89. The maximum atomic E-state index is 12.7. The number of hydrogen-bond acceptors (Lipinski definition) is 3. The Morgan fingerprint density at radius 3 is 2.44 bits per heavy atom. The van der Waals surface area contributed by atoms with E-state index in [0.717, 1.165) is 5.82 Å². The zero-order valence-electron chi connectivity index (χ0n) is 9.19. The van der Waals surface area contributed by atoms with Crippen molar-refractivity contribution in [1.82, 2.24) is 4.98 Å². The number of aromatic nitrogens is 1. The van der Waals surface area contributed by atoms with Crippen molar-refractivity contribution >= 4 is 11.5 Å². The van der Waals surface area contributed by atoms with E-state index in [2.05, 4.69) is 9.88 Å². The second-order valence-electron chi connectivity index (χ2n) is 4.71. The molecule has 0 aliphatic carbocycles. The molecule has 2 bridgehead atoms. The Bertz CT molecular complexity index is 387. The highest BCUT2D eigenvalue weighted by atomic mass is 19.1. The molecule has 0 atom stereocenters. The minimum atomic E-state index is -0.581. The highest BCUT2D eigenvalue weighted by molar-refractivity contribution is 5.53. The summed E-state index contributed by atoms with van der Waals surface area (Å²) in [5, 5.41) is 0. The van der Waals surface area contributed by atoms with Crippen molar-refractivity contribution in [2.75, 3.05) is 10.6 Å². The van der Waals surface area contributed by atoms with Crippen molar-refractivity contribution in [2.24, 2.45) is 0 Å². The molecule has 1 aromatic rings. The largest absolute Gasteiger partial charge is 0.397 e. The number of nitrogens with two attached hydrogens (primary N) is 1. The van der Waals surface area contributed by atoms with E-state index in [9.17, 15) is 4.39 Å². The molecular formula is C12H16FN3. The molecule has 1 aromatic heterocycles. The van der Waals surface area contributed by atoms with Crippen molar-refractivity contribution < 1.29 is 4.39 Å². The van der Waals surface area contributed by atoms with Gasteiger partial charge in [0.25, 0.3) is 0 Å². The van der Waals surface area contributed by atoms with Gasteiger partial charge in [0.1, 0.15) is 12.5 Å². The average molecular weight is 221 g/mol. The van der Waals surface area contributed by atoms with Gasteiger partial charge in [0.2, 0.25) is 0 Å². The smallest absolute Gasteiger partial charge is 0.134 e. The first-order chi connectivity index (χ1) is 7.79. The van der Waals surface area contributed by atoms with Crippen LogP contribution in [0.25, 0.3) is 0 Å². The Hall–Kier alpha value is -1.32. The number of alkyl halides is 1. The van der Waals surface area contributed by atoms with Crippen molar-refractivity contribution in [3.63, 3.8) is 0 Å². The lowest BCUT2D eigenvalue weighted by Crippen LogP contribution is -2.29. The van der Waals surface area contributed by atoms with Crippen LogP contribution in [0.1, 0.15) is 31.4 Å². The molecule has 0 amide bonds. The van der Waals surface area contributed by atoms with Gasteiger partial charge in [-0.3, -0.25) is 0 Å². The predicted octanol–water partition coefficient (Wildman–Crippen LogP) is 2.26. The highest BCUT2D eigenvalue weighted by Gasteiger charge is 2.39. The minimum Gasteiger partial charge on any atom is -0.397 e. The molecule has 0 spiro atoms. The van der Waals surface area contributed by atoms with E-state index in [4.69, 9.17) is 5.73 Å². The molecule has 3 nitrogen and oxygen atoms in total. The topological polar surface area (TPSA) is 42.1 Å². The van der Waals surface area contributed by atoms with Crippen LogP contribution < -0.4 is 10.6 Å². The molecule has 2 N–H and O–H groups in total. The lowest BCUT2D eigenvalue weighted by Gasteiger charge is -2.23. The monoisotopic (exact) mass is 221 g/mol. The zero-order valence-corrected chi connectivity index (χ0v) is 9.19. The zero-order chi connectivity index (χ0) is 11.1. The Labute approximate surface area is 94.5 Å². The number of pyridine rings is 1. The van der Waals surface area contributed by atoms with Crippen LogP contribution in [-0.2, 0) is 6.67 Å². The summed E-state index contributed by atoms with van der Waals surface area (Å²) >= 11 is 0. The molecule has 0 aromatic carbocycles. The van der Waals surface area contributed by atoms with E-state index in [1.54, 1.807) is 6.07 Å². The van der Waals surface area contributed by atoms with E-state index in [1.165, 1.54) is 25.7 Å². The fourth-order valence-electron chi connectivity index (χ4n) is 3.04. The molecule has 16 heavy (non-hydrogen) atoms. The summed E-state index contributed by atoms with van der Waals surface area (Å²) < 4.78 is 12.7. The number of hydrogen-bond donors (Lipinski definition) is 1. The third-order valence-electron chi connectivity index (χ3n) is 3.84. The minimum absolute atomic E-state index is 0.379. The van der Waals surface area contributed by atoms with E-state index in [1.807, 2.05) is 6.07 Å². The van der Waals surface area contributed by atoms with Gasteiger partial charge in [-0.05, 0) is 37.8 Å². The van der Waals surface area contributed by atoms with Gasteiger partial charge in [0.15, 0.2) is 0 Å². The maximum absolute atomic E-state index is 12.7. The summed E-state index contributed by atoms with van der Waals surface area (Å²) in [7, 11) is 0. The van der Waals surface area contributed by atoms with E-state index in [0.29, 0.717) is 23.5 Å². The lowest BCUT2D eigenvalue weighted by atomic mass is 10.0. The first-order valence-corrected chi connectivity index (χ1v) is 5.89. The first kappa shape index (κ1) is 9.87. The molecule has 2 saturated heterocycles. The number of nitrogens with zero attached hydrogens (tertiary/aromatic N) is 2. The molecule has 0 unspecified atom stereocenters. The van der Waals surface area contributed by atoms with E-state index in [-0.39, 0.29) is 0 Å². The molecular weight excluding hydrogens is 205 g/mol. The van der Waals surface area contributed by atoms with Gasteiger partial charge in [-0.1, -0.05) is 0 Å². The molecule has 4 heteroatoms. The highest BCUT2D eigenvalue weighted by Crippen LogP contribution is 2.40. The number of nitrogen functional groups attached to an aromatic ring is 1. The van der Waals surface area contributed by atoms with Gasteiger partial charge in [0.05, 0.1) is 11.4 Å². The van der Waals surface area contributed by atoms with E-state index >= 15 is 0 Å². The van der Waals surface area contributed by atoms with Gasteiger partial charge in [-0.25, -0.2) is 9.37 Å². The second-order valence-corrected chi connectivity index (χ2v) is 4.71. The molecule has 3 heterocycles. The Kier molecular flexibility index (Phi) is 2.23. The molecule has 3 rings (SSSR count). The quantitative estimate of drug-likeness (QED) is 0.833. The third-order valence-corrected chi connectivity index (χ3v) is 3.84. The van der Waals surface area contributed by atoms with Crippen LogP contribution in [0.5, 0.6) is 0 Å². The second kappa shape index (κ2) is 3.61. The summed E-state index contributed by atoms with van der Waals surface area (Å²) in [4.78, 5) is 6.70. The summed E-state index contributed by atoms with van der Waals surface area (Å²) in [6, 6.07) is 4.93. The van der Waals surface area contributed by atoms with Crippen LogP contribution in [-0.4, -0.2) is 17.1 Å². The van der Waals surface area contributed by atoms with Crippen LogP contribution >= 0.6 is 0 Å². The normalized spacial score (nSPS) is 27.7. The SMILES string of the molecule is Nc1ccc(N2C3CCC2CC3)nc1CF. The van der Waals surface area contributed by atoms with Crippen molar-refractivity contribution in [2.45, 2.75) is 44.4 Å². The van der Waals surface area contributed by atoms with Gasteiger partial charge < -0.3 is 10.6 Å². The van der Waals surface area contributed by atoms with Crippen molar-refractivity contribution in [3.05, 3.63) is 17.8 Å². The third kappa shape index (κ3) is 1.36. The fraction of sp³-hybridized carbons (Fsp3) is 0.583. The van der Waals surface area contributed by atoms with Gasteiger partial charge in [-0.2, -0.15) is 0 Å². The fourth-order valence-corrected chi connectivity index (χ4v) is 3.04. The molecule has 2 fully saturated rings. The number of fused-ring (bicyclic) bond motifs is 2. The van der Waals surface area contributed by atoms with E-state index < -0.39 is 6.67 Å². The Balaban J connectivity index is 1.95. The molecule has 2 aliphatic rings. The Morgan fingerprint density at radius 1 is 1.25 bits per heavy atom. The van der Waals surface area contributed by atoms with Crippen molar-refractivity contribution in [1.29, 1.82) is 0 Å². The van der Waals surface area contributed by atoms with Crippen LogP contribution in [0.15, 0.2) is 12.1 Å². The molecule has 0 saturated carbocycles. The summed E-state index contributed by atoms with van der Waals surface area (Å²) in [5.41, 5.74) is 6.50. The molecule has 0 radical (unpaired) electrons. The van der Waals surface area contributed by atoms with Crippen molar-refractivity contribution in [3.8, 4) is 0 Å². The average Bonchev–Trinajstić information content (AvgIpc) is 2.89. The summed E-state index contributed by atoms with van der Waals surface area (Å²) in [5.74, 6) is 0.909. The lowest BCUT2D eigenvalue weighted by molar-refractivity contribution is 0.477. The van der Waals surface area contributed by atoms with Crippen LogP contribution in [0, 0.1) is 0 Å². The van der Waals surface area contributed by atoms with Gasteiger partial charge in [0, 0.05) is 12.1 Å². The summed E-state index contributed by atoms with van der Waals surface area (Å²) in [6.07, 6.45) is 5.01. The standard InChI is InChI=1S/C12H16FN3/c13-7-11-10(14)5-6-12(15-11)16-8-1-2-9(16)4-3-8/h5-6,8-9H,1-4,7,14H2. The molecule has 2 aliphatic heterocycles. The van der Waals surface area contributed by atoms with Crippen LogP contribution in [0.3, 0.4) is 0 Å². The number of rotatable bonds is 2. The number of anilines is 2. The van der Waals surface area contributed by atoms with Gasteiger partial charge in [-0.15, -0.1) is 0 Å². The molecule has 86 valence electrons.